The highest BCUT2D eigenvalue weighted by molar-refractivity contribution is 7.10. The average molecular weight is 225 g/mol. The average Bonchev–Trinajstić information content (AvgIpc) is 2.66. The van der Waals surface area contributed by atoms with Crippen LogP contribution in [0.2, 0.25) is 0 Å². The summed E-state index contributed by atoms with van der Waals surface area (Å²) in [5.41, 5.74) is 7.44. The quantitative estimate of drug-likeness (QED) is 0.858. The summed E-state index contributed by atoms with van der Waals surface area (Å²) in [6.07, 6.45) is 5.03. The summed E-state index contributed by atoms with van der Waals surface area (Å²) < 4.78 is 5.70. The molecule has 1 aliphatic rings. The van der Waals surface area contributed by atoms with Crippen molar-refractivity contribution in [1.82, 2.24) is 0 Å². The molecule has 1 fully saturated rings. The van der Waals surface area contributed by atoms with E-state index in [0.29, 0.717) is 6.10 Å². The van der Waals surface area contributed by atoms with Gasteiger partial charge in [0.25, 0.3) is 0 Å². The van der Waals surface area contributed by atoms with Crippen molar-refractivity contribution in [2.24, 2.45) is 5.73 Å². The summed E-state index contributed by atoms with van der Waals surface area (Å²) in [7, 11) is 0. The number of thiophene rings is 1. The Morgan fingerprint density at radius 3 is 3.07 bits per heavy atom. The standard InChI is InChI=1S/C12H19NOS/c1-9-6-10(8-15-9)12(13)7-11-4-2-3-5-14-11/h6,8,11-12H,2-5,7,13H2,1H3. The molecule has 1 aromatic rings. The number of hydrogen-bond donors (Lipinski definition) is 1. The van der Waals surface area contributed by atoms with Crippen LogP contribution in [0.15, 0.2) is 11.4 Å². The van der Waals surface area contributed by atoms with E-state index in [9.17, 15) is 0 Å². The van der Waals surface area contributed by atoms with Crippen molar-refractivity contribution < 1.29 is 4.74 Å². The summed E-state index contributed by atoms with van der Waals surface area (Å²) in [5, 5.41) is 2.17. The first-order valence-corrected chi connectivity index (χ1v) is 6.56. The third-order valence-corrected chi connectivity index (χ3v) is 3.85. The van der Waals surface area contributed by atoms with E-state index in [0.717, 1.165) is 13.0 Å². The van der Waals surface area contributed by atoms with Crippen LogP contribution in [0, 0.1) is 6.92 Å². The topological polar surface area (TPSA) is 35.2 Å². The maximum Gasteiger partial charge on any atom is 0.0593 e. The van der Waals surface area contributed by atoms with Crippen LogP contribution < -0.4 is 5.73 Å². The first-order chi connectivity index (χ1) is 7.25. The minimum Gasteiger partial charge on any atom is -0.378 e. The second kappa shape index (κ2) is 5.10. The summed E-state index contributed by atoms with van der Waals surface area (Å²) in [6.45, 7) is 3.04. The fraction of sp³-hybridized carbons (Fsp3) is 0.667. The monoisotopic (exact) mass is 225 g/mol. The van der Waals surface area contributed by atoms with Gasteiger partial charge < -0.3 is 10.5 Å². The SMILES string of the molecule is Cc1cc(C(N)CC2CCCCO2)cs1. The van der Waals surface area contributed by atoms with Gasteiger partial charge in [0.05, 0.1) is 6.10 Å². The molecule has 0 spiro atoms. The highest BCUT2D eigenvalue weighted by Gasteiger charge is 2.18. The van der Waals surface area contributed by atoms with Gasteiger partial charge in [-0.1, -0.05) is 0 Å². The van der Waals surface area contributed by atoms with E-state index < -0.39 is 0 Å². The third-order valence-electron chi connectivity index (χ3n) is 2.97. The fourth-order valence-corrected chi connectivity index (χ4v) is 2.84. The van der Waals surface area contributed by atoms with Gasteiger partial charge in [-0.05, 0) is 49.6 Å². The largest absolute Gasteiger partial charge is 0.378 e. The fourth-order valence-electron chi connectivity index (χ4n) is 2.07. The number of hydrogen-bond acceptors (Lipinski definition) is 3. The van der Waals surface area contributed by atoms with Gasteiger partial charge in [0, 0.05) is 17.5 Å². The molecule has 2 unspecified atom stereocenters. The van der Waals surface area contributed by atoms with Crippen molar-refractivity contribution in [3.8, 4) is 0 Å². The van der Waals surface area contributed by atoms with Crippen LogP contribution in [0.3, 0.4) is 0 Å². The molecule has 0 radical (unpaired) electrons. The summed E-state index contributed by atoms with van der Waals surface area (Å²) in [4.78, 5) is 1.34. The van der Waals surface area contributed by atoms with Crippen LogP contribution in [-0.4, -0.2) is 12.7 Å². The highest BCUT2D eigenvalue weighted by atomic mass is 32.1. The lowest BCUT2D eigenvalue weighted by molar-refractivity contribution is 0.00731. The lowest BCUT2D eigenvalue weighted by Crippen LogP contribution is -2.24. The van der Waals surface area contributed by atoms with Gasteiger partial charge in [0.2, 0.25) is 0 Å². The number of aryl methyl sites for hydroxylation is 1. The van der Waals surface area contributed by atoms with Crippen molar-refractivity contribution in [3.63, 3.8) is 0 Å². The van der Waals surface area contributed by atoms with E-state index in [1.807, 2.05) is 0 Å². The summed E-state index contributed by atoms with van der Waals surface area (Å²) in [5.74, 6) is 0. The van der Waals surface area contributed by atoms with Crippen LogP contribution in [-0.2, 0) is 4.74 Å². The molecule has 3 heteroatoms. The molecule has 1 aromatic heterocycles. The molecule has 0 saturated carbocycles. The van der Waals surface area contributed by atoms with Gasteiger partial charge in [-0.3, -0.25) is 0 Å². The molecule has 2 atom stereocenters. The van der Waals surface area contributed by atoms with E-state index in [1.165, 1.54) is 29.7 Å². The van der Waals surface area contributed by atoms with Crippen molar-refractivity contribution in [3.05, 3.63) is 21.9 Å². The molecule has 2 N–H and O–H groups in total. The van der Waals surface area contributed by atoms with E-state index in [-0.39, 0.29) is 6.04 Å². The molecule has 15 heavy (non-hydrogen) atoms. The normalized spacial score (nSPS) is 24.0. The van der Waals surface area contributed by atoms with E-state index in [1.54, 1.807) is 11.3 Å². The van der Waals surface area contributed by atoms with Crippen molar-refractivity contribution >= 4 is 11.3 Å². The minimum atomic E-state index is 0.151. The van der Waals surface area contributed by atoms with Crippen LogP contribution >= 0.6 is 11.3 Å². The van der Waals surface area contributed by atoms with Gasteiger partial charge in [-0.15, -0.1) is 11.3 Å². The maximum absolute atomic E-state index is 6.17. The second-order valence-corrected chi connectivity index (χ2v) is 5.44. The van der Waals surface area contributed by atoms with Crippen LogP contribution in [0.25, 0.3) is 0 Å². The van der Waals surface area contributed by atoms with Gasteiger partial charge in [0.15, 0.2) is 0 Å². The Bertz CT molecular complexity index is 304. The van der Waals surface area contributed by atoms with E-state index in [4.69, 9.17) is 10.5 Å². The molecule has 0 aromatic carbocycles. The van der Waals surface area contributed by atoms with Gasteiger partial charge in [0.1, 0.15) is 0 Å². The van der Waals surface area contributed by atoms with Crippen molar-refractivity contribution in [2.45, 2.75) is 44.8 Å². The third kappa shape index (κ3) is 3.03. The van der Waals surface area contributed by atoms with Crippen LogP contribution in [0.1, 0.15) is 42.2 Å². The number of ether oxygens (including phenoxy) is 1. The molecule has 1 aliphatic heterocycles. The van der Waals surface area contributed by atoms with Crippen LogP contribution in [0.5, 0.6) is 0 Å². The predicted octanol–water partition coefficient (Wildman–Crippen LogP) is 3.02. The first-order valence-electron chi connectivity index (χ1n) is 5.68. The molecular weight excluding hydrogens is 206 g/mol. The van der Waals surface area contributed by atoms with E-state index >= 15 is 0 Å². The number of nitrogens with two attached hydrogens (primary N) is 1. The Labute approximate surface area is 95.4 Å². The Morgan fingerprint density at radius 2 is 2.47 bits per heavy atom. The zero-order valence-electron chi connectivity index (χ0n) is 9.24. The van der Waals surface area contributed by atoms with Crippen molar-refractivity contribution in [1.29, 1.82) is 0 Å². The molecule has 2 heterocycles. The molecule has 0 aliphatic carbocycles. The lowest BCUT2D eigenvalue weighted by atomic mass is 9.99. The minimum absolute atomic E-state index is 0.151. The Balaban J connectivity index is 1.88. The predicted molar refractivity (Wildman–Crippen MR) is 64.2 cm³/mol. The highest BCUT2D eigenvalue weighted by Crippen LogP contribution is 2.25. The molecule has 0 bridgehead atoms. The summed E-state index contributed by atoms with van der Waals surface area (Å²) >= 11 is 1.77. The molecule has 2 rings (SSSR count). The smallest absolute Gasteiger partial charge is 0.0593 e. The molecule has 84 valence electrons. The first kappa shape index (κ1) is 11.1. The van der Waals surface area contributed by atoms with E-state index in [2.05, 4.69) is 18.4 Å². The molecule has 2 nitrogen and oxygen atoms in total. The number of rotatable bonds is 3. The van der Waals surface area contributed by atoms with Gasteiger partial charge >= 0.3 is 0 Å². The van der Waals surface area contributed by atoms with Crippen molar-refractivity contribution in [2.75, 3.05) is 6.61 Å². The van der Waals surface area contributed by atoms with Gasteiger partial charge in [-0.2, -0.15) is 0 Å². The zero-order chi connectivity index (χ0) is 10.7. The Kier molecular flexibility index (Phi) is 3.78. The second-order valence-electron chi connectivity index (χ2n) is 4.32. The lowest BCUT2D eigenvalue weighted by Gasteiger charge is -2.24. The molecule has 1 saturated heterocycles. The zero-order valence-corrected chi connectivity index (χ0v) is 10.1. The Morgan fingerprint density at radius 1 is 1.60 bits per heavy atom. The van der Waals surface area contributed by atoms with Gasteiger partial charge in [-0.25, -0.2) is 0 Å². The molecule has 0 amide bonds. The maximum atomic E-state index is 6.17. The summed E-state index contributed by atoms with van der Waals surface area (Å²) in [6, 6.07) is 2.34. The Hall–Kier alpha value is -0.380. The van der Waals surface area contributed by atoms with Crippen LogP contribution in [0.4, 0.5) is 0 Å². The molecular formula is C12H19NOS.